The Balaban J connectivity index is 1.78. The molecule has 0 saturated heterocycles. The third-order valence-electron chi connectivity index (χ3n) is 14.4. The van der Waals surface area contributed by atoms with E-state index in [1.807, 2.05) is 92.0 Å². The van der Waals surface area contributed by atoms with Crippen molar-refractivity contribution in [3.63, 3.8) is 0 Å². The Morgan fingerprint density at radius 3 is 1.77 bits per heavy atom. The molecule has 0 fully saturated rings. The normalized spacial score (nSPS) is 13.9. The Labute approximate surface area is 520 Å². The summed E-state index contributed by atoms with van der Waals surface area (Å²) in [6.45, 7) is 23.2. The molecule has 0 unspecified atom stereocenters. The van der Waals surface area contributed by atoms with E-state index in [-0.39, 0.29) is 48.9 Å². The molecule has 0 aliphatic carbocycles. The molecule has 87 heavy (non-hydrogen) atoms. The van der Waals surface area contributed by atoms with Crippen LogP contribution in [0.1, 0.15) is 119 Å². The molecule has 20 heteroatoms. The molecule has 0 aliphatic rings. The maximum absolute atomic E-state index is 15.2. The topological polar surface area (TPSA) is 237 Å². The highest BCUT2D eigenvalue weighted by atomic mass is 32.2. The van der Waals surface area contributed by atoms with Crippen molar-refractivity contribution in [3.8, 4) is 5.75 Å². The Kier molecular flexibility index (Phi) is 28.5. The van der Waals surface area contributed by atoms with Gasteiger partial charge in [-0.3, -0.25) is 24.0 Å². The maximum atomic E-state index is 15.2. The predicted octanol–water partition coefficient (Wildman–Crippen LogP) is 8.26. The van der Waals surface area contributed by atoms with E-state index in [0.717, 1.165) is 28.8 Å². The third-order valence-corrected chi connectivity index (χ3v) is 20.0. The summed E-state index contributed by atoms with van der Waals surface area (Å²) in [6.07, 6.45) is 4.82. The van der Waals surface area contributed by atoms with Crippen LogP contribution >= 0.6 is 11.8 Å². The number of ether oxygens (including phenoxy) is 3. The molecule has 0 bridgehead atoms. The minimum absolute atomic E-state index is 0.0329. The first-order valence-electron chi connectivity index (χ1n) is 29.7. The molecule has 0 aromatic heterocycles. The van der Waals surface area contributed by atoms with Crippen molar-refractivity contribution in [2.24, 2.45) is 5.92 Å². The van der Waals surface area contributed by atoms with Crippen LogP contribution < -0.4 is 41.4 Å². The third kappa shape index (κ3) is 21.9. The number of carbonyl (C=O) groups is 8. The van der Waals surface area contributed by atoms with Crippen molar-refractivity contribution in [1.82, 2.24) is 31.5 Å². The lowest BCUT2D eigenvalue weighted by Crippen LogP contribution is -2.68. The van der Waals surface area contributed by atoms with E-state index in [4.69, 9.17) is 18.6 Å². The minimum atomic E-state index is -3.07. The number of nitrogens with zero attached hydrogens (tertiary/aromatic N) is 1. The van der Waals surface area contributed by atoms with Gasteiger partial charge in [-0.2, -0.15) is 11.8 Å². The first-order valence-corrected chi connectivity index (χ1v) is 33.0. The molecular formula is C67H92N6O12SSi. The number of amides is 6. The molecule has 472 valence electrons. The number of benzene rings is 4. The Hall–Kier alpha value is -7.71. The van der Waals surface area contributed by atoms with E-state index in [1.165, 1.54) is 49.7 Å². The standard InChI is InChI=1S/C67H92N6O12SSi/c1-15-18-22-35-56(74)68-53(40-42-86-14)59(75)72-58(61(77)69-52(17-3)63(79)82-41-16-2)46(6)83-64(80)57(45(4)5)71-60(76)55(73(13)62(78)54(43-47-29-23-19-24-30-47)70-65(81)84-66(7,8)9)44-48-36-38-49(39-37-48)85-87(67(10,11)12,50-31-25-20-26-32-50)51-33-27-21-28-34-51/h16-17,19-21,23-34,36-39,45-46,53-55,57-58H,2,15,18,22,35,40-44H2,1,3-14H3,(H,68,74)(H,69,77)(H,70,81)(H,71,76)(H,72,75)/b52-17+/t46-,53+,54+,55+,57+,58+/m1/s1. The van der Waals surface area contributed by atoms with Crippen molar-refractivity contribution >= 4 is 78.0 Å². The number of carbonyl (C=O) groups excluding carboxylic acids is 8. The van der Waals surface area contributed by atoms with Crippen LogP contribution in [-0.2, 0) is 60.6 Å². The van der Waals surface area contributed by atoms with Crippen molar-refractivity contribution in [2.45, 2.75) is 168 Å². The van der Waals surface area contributed by atoms with Crippen molar-refractivity contribution in [3.05, 3.63) is 151 Å². The highest BCUT2D eigenvalue weighted by Crippen LogP contribution is 2.38. The summed E-state index contributed by atoms with van der Waals surface area (Å²) < 4.78 is 24.1. The molecule has 18 nitrogen and oxygen atoms in total. The Bertz CT molecular complexity index is 2900. The number of allylic oxidation sites excluding steroid dienone is 1. The SMILES string of the molecule is C=CCOC(=O)/C(=C\C)NC(=O)[C@@H](NC(=O)[C@H](CCSC)NC(=O)CCCCC)[C@@H](C)OC(=O)[C@@H](NC(=O)[C@H](Cc1ccc(O[Si](c2ccccc2)(c2ccccc2)C(C)(C)C)cc1)N(C)C(=O)[C@H](Cc1ccccc1)NC(=O)OC(C)(C)C)C(C)C. The van der Waals surface area contributed by atoms with E-state index in [1.54, 1.807) is 46.8 Å². The summed E-state index contributed by atoms with van der Waals surface area (Å²) in [5.41, 5.74) is 0.159. The molecule has 6 amide bonds. The zero-order valence-electron chi connectivity index (χ0n) is 53.0. The second-order valence-electron chi connectivity index (χ2n) is 23.8. The highest BCUT2D eigenvalue weighted by Gasteiger charge is 2.52. The number of hydrogen-bond acceptors (Lipinski definition) is 13. The molecule has 0 heterocycles. The summed E-state index contributed by atoms with van der Waals surface area (Å²) in [7, 11) is -1.62. The quantitative estimate of drug-likeness (QED) is 0.00774. The van der Waals surface area contributed by atoms with Gasteiger partial charge in [-0.1, -0.05) is 176 Å². The summed E-state index contributed by atoms with van der Waals surface area (Å²) in [5, 5.41) is 15.3. The number of thioether (sulfide) groups is 1. The van der Waals surface area contributed by atoms with E-state index >= 15 is 9.59 Å². The van der Waals surface area contributed by atoms with Crippen LogP contribution in [0.3, 0.4) is 0 Å². The van der Waals surface area contributed by atoms with Gasteiger partial charge in [-0.15, -0.1) is 0 Å². The molecule has 0 aliphatic heterocycles. The zero-order chi connectivity index (χ0) is 64.5. The van der Waals surface area contributed by atoms with Crippen molar-refractivity contribution in [2.75, 3.05) is 25.7 Å². The summed E-state index contributed by atoms with van der Waals surface area (Å²) in [5.74, 6) is -4.95. The number of rotatable bonds is 32. The number of esters is 2. The molecule has 6 atom stereocenters. The Morgan fingerprint density at radius 1 is 0.690 bits per heavy atom. The fourth-order valence-corrected chi connectivity index (χ4v) is 14.6. The fraction of sp³-hybridized carbons (Fsp3) is 0.463. The average molecular weight is 1230 g/mol. The van der Waals surface area contributed by atoms with Gasteiger partial charge < -0.3 is 50.1 Å². The second kappa shape index (κ2) is 34.6. The molecule has 5 N–H and O–H groups in total. The number of nitrogens with one attached hydrogen (secondary N) is 5. The summed E-state index contributed by atoms with van der Waals surface area (Å²) in [4.78, 5) is 114. The number of unbranched alkanes of at least 4 members (excludes halogenated alkanes) is 2. The lowest BCUT2D eigenvalue weighted by atomic mass is 9.99. The van der Waals surface area contributed by atoms with Gasteiger partial charge in [0.15, 0.2) is 0 Å². The van der Waals surface area contributed by atoms with Crippen molar-refractivity contribution in [1.29, 1.82) is 0 Å². The summed E-state index contributed by atoms with van der Waals surface area (Å²) >= 11 is 1.45. The predicted molar refractivity (Wildman–Crippen MR) is 345 cm³/mol. The lowest BCUT2D eigenvalue weighted by Gasteiger charge is -2.43. The van der Waals surface area contributed by atoms with Crippen molar-refractivity contribution < 1.29 is 57.0 Å². The van der Waals surface area contributed by atoms with Crippen LogP contribution in [0.2, 0.25) is 5.04 Å². The van der Waals surface area contributed by atoms with E-state index in [2.05, 4.69) is 78.2 Å². The van der Waals surface area contributed by atoms with Gasteiger partial charge in [0.1, 0.15) is 60.0 Å². The molecule has 4 aromatic rings. The molecule has 4 aromatic carbocycles. The van der Waals surface area contributed by atoms with Crippen LogP contribution in [0.25, 0.3) is 0 Å². The molecule has 0 radical (unpaired) electrons. The van der Waals surface area contributed by atoms with E-state index < -0.39 is 97.8 Å². The molecule has 4 rings (SSSR count). The molecular weight excluding hydrogens is 1140 g/mol. The van der Waals surface area contributed by atoms with Crippen LogP contribution in [0.15, 0.2) is 140 Å². The number of likely N-dealkylation sites (N-methyl/N-ethyl adjacent to an activating group) is 1. The van der Waals surface area contributed by atoms with E-state index in [0.29, 0.717) is 23.5 Å². The van der Waals surface area contributed by atoms with Gasteiger partial charge in [0.2, 0.25) is 23.6 Å². The summed E-state index contributed by atoms with van der Waals surface area (Å²) in [6, 6.07) is 30.0. The second-order valence-corrected chi connectivity index (χ2v) is 29.0. The molecule has 0 saturated carbocycles. The Morgan fingerprint density at radius 2 is 1.25 bits per heavy atom. The lowest BCUT2D eigenvalue weighted by molar-refractivity contribution is -0.157. The van der Waals surface area contributed by atoms with Crippen LogP contribution in [-0.4, -0.2) is 128 Å². The van der Waals surface area contributed by atoms with Crippen LogP contribution in [0.5, 0.6) is 5.75 Å². The largest absolute Gasteiger partial charge is 0.534 e. The average Bonchev–Trinajstić information content (AvgIpc) is 1.54. The highest BCUT2D eigenvalue weighted by molar-refractivity contribution is 7.98. The zero-order valence-corrected chi connectivity index (χ0v) is 54.8. The van der Waals surface area contributed by atoms with E-state index in [9.17, 15) is 28.8 Å². The van der Waals surface area contributed by atoms with Gasteiger partial charge in [0.05, 0.1) is 0 Å². The van der Waals surface area contributed by atoms with Gasteiger partial charge in [0, 0.05) is 26.3 Å². The smallest absolute Gasteiger partial charge is 0.408 e. The van der Waals surface area contributed by atoms with Gasteiger partial charge in [-0.25, -0.2) is 14.4 Å². The van der Waals surface area contributed by atoms with Gasteiger partial charge in [0.25, 0.3) is 5.91 Å². The fourth-order valence-electron chi connectivity index (χ4n) is 9.74. The van der Waals surface area contributed by atoms with Gasteiger partial charge in [-0.05, 0) is 104 Å². The number of alkyl carbamates (subject to hydrolysis) is 1. The van der Waals surface area contributed by atoms with Crippen LogP contribution in [0, 0.1) is 5.92 Å². The first kappa shape index (κ1) is 71.8. The monoisotopic (exact) mass is 1230 g/mol. The van der Waals surface area contributed by atoms with Gasteiger partial charge >= 0.3 is 26.3 Å². The first-order chi connectivity index (χ1) is 41.2. The maximum Gasteiger partial charge on any atom is 0.408 e. The molecule has 0 spiro atoms. The van der Waals surface area contributed by atoms with Crippen LogP contribution in [0.4, 0.5) is 4.79 Å². The minimum Gasteiger partial charge on any atom is -0.534 e. The number of hydrogen-bond donors (Lipinski definition) is 5.